The Morgan fingerprint density at radius 3 is 2.80 bits per heavy atom. The Balaban J connectivity index is 2.18. The molecule has 15 heavy (non-hydrogen) atoms. The Morgan fingerprint density at radius 1 is 1.40 bits per heavy atom. The Hall–Kier alpha value is -1.06. The third-order valence-electron chi connectivity index (χ3n) is 1.65. The molecule has 0 atom stereocenters. The van der Waals surface area contributed by atoms with Crippen molar-refractivity contribution >= 4 is 19.4 Å². The van der Waals surface area contributed by atoms with Crippen LogP contribution in [0.25, 0.3) is 11.6 Å². The monoisotopic (exact) mass is 271 g/mol. The maximum absolute atomic E-state index is 5.24. The second-order valence-corrected chi connectivity index (χ2v) is 5.85. The predicted octanol–water partition coefficient (Wildman–Crippen LogP) is 2.00. The Morgan fingerprint density at radius 2 is 2.20 bits per heavy atom. The van der Waals surface area contributed by atoms with Crippen molar-refractivity contribution in [3.05, 3.63) is 18.4 Å². The average molecular weight is 270 g/mol. The van der Waals surface area contributed by atoms with Crippen molar-refractivity contribution in [3.8, 4) is 11.6 Å². The normalized spacial score (nSPS) is 11.7. The van der Waals surface area contributed by atoms with E-state index in [1.807, 2.05) is 12.1 Å². The van der Waals surface area contributed by atoms with Gasteiger partial charge in [-0.2, -0.15) is 0 Å². The second kappa shape index (κ2) is 3.83. The number of rotatable bonds is 2. The molecular weight excluding hydrogens is 257 g/mol. The van der Waals surface area contributed by atoms with Gasteiger partial charge in [0.15, 0.2) is 0 Å². The molecule has 80 valence electrons. The van der Waals surface area contributed by atoms with Crippen molar-refractivity contribution in [1.82, 2.24) is 8.96 Å². The number of hydrogen-bond acceptors (Lipinski definition) is 4. The summed E-state index contributed by atoms with van der Waals surface area (Å²) in [7, 11) is 0. The van der Waals surface area contributed by atoms with Gasteiger partial charge in [0.1, 0.15) is 0 Å². The van der Waals surface area contributed by atoms with Crippen LogP contribution in [0.2, 0.25) is 0 Å². The molecular formula is C10H13N3OSe. The summed E-state index contributed by atoms with van der Waals surface area (Å²) in [5, 5.41) is 3.33. The van der Waals surface area contributed by atoms with E-state index in [0.29, 0.717) is 5.82 Å². The number of nitrogens with zero attached hydrogens (tertiary/aromatic N) is 2. The van der Waals surface area contributed by atoms with Crippen LogP contribution in [-0.4, -0.2) is 29.2 Å². The fraction of sp³-hybridized carbons (Fsp3) is 0.400. The zero-order valence-corrected chi connectivity index (χ0v) is 10.7. The molecule has 0 radical (unpaired) electrons. The summed E-state index contributed by atoms with van der Waals surface area (Å²) in [6.07, 6.45) is 1.63. The molecule has 0 bridgehead atoms. The van der Waals surface area contributed by atoms with E-state index in [1.54, 1.807) is 6.26 Å². The number of nitrogens with one attached hydrogen (secondary N) is 1. The van der Waals surface area contributed by atoms with Gasteiger partial charge < -0.3 is 0 Å². The van der Waals surface area contributed by atoms with E-state index in [2.05, 4.69) is 35.1 Å². The molecule has 4 nitrogen and oxygen atoms in total. The van der Waals surface area contributed by atoms with E-state index in [0.717, 1.165) is 10.5 Å². The molecule has 0 aromatic carbocycles. The van der Waals surface area contributed by atoms with Gasteiger partial charge in [0.25, 0.3) is 0 Å². The van der Waals surface area contributed by atoms with Crippen LogP contribution >= 0.6 is 0 Å². The molecule has 0 unspecified atom stereocenters. The van der Waals surface area contributed by atoms with Crippen LogP contribution in [0.1, 0.15) is 20.8 Å². The van der Waals surface area contributed by atoms with Crippen molar-refractivity contribution in [2.75, 3.05) is 5.32 Å². The van der Waals surface area contributed by atoms with E-state index < -0.39 is 0 Å². The number of aromatic nitrogens is 2. The number of furan rings is 1. The van der Waals surface area contributed by atoms with Crippen molar-refractivity contribution in [1.29, 1.82) is 0 Å². The van der Waals surface area contributed by atoms with Gasteiger partial charge in [-0.3, -0.25) is 0 Å². The summed E-state index contributed by atoms with van der Waals surface area (Å²) < 4.78 is 10.6. The van der Waals surface area contributed by atoms with Gasteiger partial charge in [0.05, 0.1) is 0 Å². The molecule has 2 aromatic heterocycles. The first kappa shape index (κ1) is 10.5. The van der Waals surface area contributed by atoms with E-state index >= 15 is 0 Å². The van der Waals surface area contributed by atoms with Gasteiger partial charge in [0, 0.05) is 0 Å². The molecule has 0 saturated carbocycles. The van der Waals surface area contributed by atoms with Crippen LogP contribution in [0.4, 0.5) is 4.69 Å². The molecule has 0 aliphatic heterocycles. The zero-order valence-electron chi connectivity index (χ0n) is 8.94. The van der Waals surface area contributed by atoms with Gasteiger partial charge >= 0.3 is 94.4 Å². The SMILES string of the molecule is CC(C)(C)Nc1nc(-c2ccco2)n[se]1. The minimum absolute atomic E-state index is 0.0364. The summed E-state index contributed by atoms with van der Waals surface area (Å²) in [4.78, 5) is 4.41. The number of hydrogen-bond donors (Lipinski definition) is 1. The van der Waals surface area contributed by atoms with Crippen LogP contribution in [0.5, 0.6) is 0 Å². The molecule has 0 aliphatic rings. The van der Waals surface area contributed by atoms with Gasteiger partial charge in [-0.25, -0.2) is 0 Å². The maximum atomic E-state index is 5.24. The van der Waals surface area contributed by atoms with E-state index in [1.165, 1.54) is 0 Å². The van der Waals surface area contributed by atoms with E-state index in [4.69, 9.17) is 4.42 Å². The summed E-state index contributed by atoms with van der Waals surface area (Å²) in [6.45, 7) is 6.32. The molecule has 2 heterocycles. The molecule has 5 heteroatoms. The summed E-state index contributed by atoms with van der Waals surface area (Å²) in [5.41, 5.74) is 0.0364. The first-order valence-electron chi connectivity index (χ1n) is 4.70. The first-order chi connectivity index (χ1) is 7.04. The molecule has 0 saturated heterocycles. The molecule has 1 N–H and O–H groups in total. The second-order valence-electron chi connectivity index (χ2n) is 4.28. The first-order valence-corrected chi connectivity index (χ1v) is 6.33. The van der Waals surface area contributed by atoms with Gasteiger partial charge in [-0.1, -0.05) is 0 Å². The zero-order chi connectivity index (χ0) is 10.9. The van der Waals surface area contributed by atoms with Gasteiger partial charge in [0.2, 0.25) is 0 Å². The fourth-order valence-electron chi connectivity index (χ4n) is 1.10. The summed E-state index contributed by atoms with van der Waals surface area (Å²) in [5.74, 6) is 1.44. The van der Waals surface area contributed by atoms with Crippen molar-refractivity contribution in [2.45, 2.75) is 26.3 Å². The van der Waals surface area contributed by atoms with Crippen LogP contribution in [0, 0.1) is 0 Å². The van der Waals surface area contributed by atoms with Crippen molar-refractivity contribution in [2.24, 2.45) is 0 Å². The van der Waals surface area contributed by atoms with E-state index in [9.17, 15) is 0 Å². The van der Waals surface area contributed by atoms with Crippen LogP contribution in [0.15, 0.2) is 22.8 Å². The average Bonchev–Trinajstić information content (AvgIpc) is 2.68. The van der Waals surface area contributed by atoms with Gasteiger partial charge in [-0.15, -0.1) is 0 Å². The van der Waals surface area contributed by atoms with E-state index in [-0.39, 0.29) is 20.3 Å². The Labute approximate surface area is 94.7 Å². The minimum atomic E-state index is 0.0364. The molecule has 0 fully saturated rings. The topological polar surface area (TPSA) is 51.0 Å². The van der Waals surface area contributed by atoms with Crippen LogP contribution < -0.4 is 5.32 Å². The van der Waals surface area contributed by atoms with Crippen LogP contribution in [0.3, 0.4) is 0 Å². The number of anilines is 1. The molecule has 2 rings (SSSR count). The molecule has 2 aromatic rings. The Kier molecular flexibility index (Phi) is 2.67. The van der Waals surface area contributed by atoms with Crippen molar-refractivity contribution < 1.29 is 4.42 Å². The third kappa shape index (κ3) is 2.70. The van der Waals surface area contributed by atoms with Gasteiger partial charge in [-0.05, 0) is 0 Å². The standard InChI is InChI=1S/C10H13N3OSe/c1-10(2,3)12-9-11-8(13-15-9)7-5-4-6-14-7/h4-6H,1-3H3,(H,11,12,13). The third-order valence-corrected chi connectivity index (χ3v) is 2.97. The summed E-state index contributed by atoms with van der Waals surface area (Å²) >= 11 is 0.0510. The quantitative estimate of drug-likeness (QED) is 0.848. The van der Waals surface area contributed by atoms with Crippen molar-refractivity contribution in [3.63, 3.8) is 0 Å². The summed E-state index contributed by atoms with van der Waals surface area (Å²) in [6, 6.07) is 3.72. The molecule has 0 aliphatic carbocycles. The molecule has 0 spiro atoms. The fourth-order valence-corrected chi connectivity index (χ4v) is 2.74. The Bertz CT molecular complexity index is 428. The molecule has 0 amide bonds. The van der Waals surface area contributed by atoms with Crippen LogP contribution in [-0.2, 0) is 0 Å². The predicted molar refractivity (Wildman–Crippen MR) is 60.0 cm³/mol.